The first-order valence-corrected chi connectivity index (χ1v) is 8.11. The number of rotatable bonds is 7. The lowest BCUT2D eigenvalue weighted by atomic mass is 9.99. The maximum atomic E-state index is 12.4. The highest BCUT2D eigenvalue weighted by atomic mass is 16.5. The zero-order valence-electron chi connectivity index (χ0n) is 14.7. The second-order valence-corrected chi connectivity index (χ2v) is 5.94. The molecule has 4 nitrogen and oxygen atoms in total. The van der Waals surface area contributed by atoms with Crippen LogP contribution in [-0.2, 0) is 11.2 Å². The number of amides is 1. The molecule has 2 aromatic carbocycles. The molecule has 0 fully saturated rings. The van der Waals surface area contributed by atoms with Crippen LogP contribution < -0.4 is 14.8 Å². The largest absolute Gasteiger partial charge is 0.493 e. The van der Waals surface area contributed by atoms with Crippen molar-refractivity contribution >= 4 is 5.91 Å². The minimum atomic E-state index is -0.101. The molecule has 128 valence electrons. The van der Waals surface area contributed by atoms with Gasteiger partial charge in [0.15, 0.2) is 11.5 Å². The minimum absolute atomic E-state index is 0.0427. The highest BCUT2D eigenvalue weighted by Crippen LogP contribution is 2.30. The Morgan fingerprint density at radius 2 is 1.67 bits per heavy atom. The highest BCUT2D eigenvalue weighted by Gasteiger charge is 2.17. The molecule has 0 spiro atoms. The predicted molar refractivity (Wildman–Crippen MR) is 95.4 cm³/mol. The van der Waals surface area contributed by atoms with Gasteiger partial charge >= 0.3 is 0 Å². The predicted octanol–water partition coefficient (Wildman–Crippen LogP) is 3.76. The summed E-state index contributed by atoms with van der Waals surface area (Å²) < 4.78 is 10.6. The molecule has 1 N–H and O–H groups in total. The molecular weight excluding hydrogens is 302 g/mol. The van der Waals surface area contributed by atoms with Gasteiger partial charge in [-0.25, -0.2) is 0 Å². The zero-order valence-corrected chi connectivity index (χ0v) is 14.7. The molecule has 4 heteroatoms. The van der Waals surface area contributed by atoms with Crippen LogP contribution >= 0.6 is 0 Å². The number of carbonyl (C=O) groups is 1. The Kier molecular flexibility index (Phi) is 6.24. The van der Waals surface area contributed by atoms with E-state index in [0.717, 1.165) is 12.0 Å². The van der Waals surface area contributed by atoms with E-state index in [2.05, 4.69) is 5.32 Å². The van der Waals surface area contributed by atoms with Gasteiger partial charge in [-0.05, 0) is 36.6 Å². The summed E-state index contributed by atoms with van der Waals surface area (Å²) in [5.74, 6) is 1.29. The maximum Gasteiger partial charge on any atom is 0.223 e. The molecule has 2 atom stereocenters. The molecule has 0 aliphatic rings. The molecule has 0 aromatic heterocycles. The van der Waals surface area contributed by atoms with Crippen LogP contribution in [0.15, 0.2) is 48.5 Å². The summed E-state index contributed by atoms with van der Waals surface area (Å²) in [4.78, 5) is 12.4. The quantitative estimate of drug-likeness (QED) is 0.842. The molecule has 0 aliphatic carbocycles. The van der Waals surface area contributed by atoms with E-state index in [1.54, 1.807) is 14.2 Å². The van der Waals surface area contributed by atoms with Gasteiger partial charge < -0.3 is 14.8 Å². The van der Waals surface area contributed by atoms with Gasteiger partial charge in [0.05, 0.1) is 20.3 Å². The number of hydrogen-bond donors (Lipinski definition) is 1. The van der Waals surface area contributed by atoms with Crippen LogP contribution in [0.4, 0.5) is 0 Å². The standard InChI is InChI=1S/C20H25NO3/c1-14(12-16-8-6-5-7-9-16)20(22)21-15(2)17-10-11-18(23-3)19(13-17)24-4/h5-11,13-15H,12H2,1-4H3,(H,21,22)/t14-,15-/m0/s1. The van der Waals surface area contributed by atoms with Crippen LogP contribution in [0.5, 0.6) is 11.5 Å². The summed E-state index contributed by atoms with van der Waals surface area (Å²) >= 11 is 0. The molecule has 0 saturated heterocycles. The van der Waals surface area contributed by atoms with Gasteiger partial charge in [0.25, 0.3) is 0 Å². The van der Waals surface area contributed by atoms with Crippen LogP contribution in [0.25, 0.3) is 0 Å². The average molecular weight is 327 g/mol. The van der Waals surface area contributed by atoms with Crippen molar-refractivity contribution in [3.8, 4) is 11.5 Å². The molecule has 0 unspecified atom stereocenters. The molecule has 0 aliphatic heterocycles. The number of ether oxygens (including phenoxy) is 2. The van der Waals surface area contributed by atoms with E-state index < -0.39 is 0 Å². The van der Waals surface area contributed by atoms with E-state index in [-0.39, 0.29) is 17.9 Å². The van der Waals surface area contributed by atoms with E-state index >= 15 is 0 Å². The van der Waals surface area contributed by atoms with E-state index in [1.165, 1.54) is 5.56 Å². The lowest BCUT2D eigenvalue weighted by molar-refractivity contribution is -0.125. The second-order valence-electron chi connectivity index (χ2n) is 5.94. The zero-order chi connectivity index (χ0) is 17.5. The van der Waals surface area contributed by atoms with Crippen molar-refractivity contribution in [2.45, 2.75) is 26.3 Å². The number of hydrogen-bond acceptors (Lipinski definition) is 3. The van der Waals surface area contributed by atoms with Crippen LogP contribution in [0.2, 0.25) is 0 Å². The molecule has 0 bridgehead atoms. The van der Waals surface area contributed by atoms with Gasteiger partial charge in [0.1, 0.15) is 0 Å². The van der Waals surface area contributed by atoms with Crippen molar-refractivity contribution in [2.24, 2.45) is 5.92 Å². The average Bonchev–Trinajstić information content (AvgIpc) is 2.61. The summed E-state index contributed by atoms with van der Waals surface area (Å²) in [5.41, 5.74) is 2.15. The summed E-state index contributed by atoms with van der Waals surface area (Å²) in [6.07, 6.45) is 0.728. The third-order valence-electron chi connectivity index (χ3n) is 4.10. The van der Waals surface area contributed by atoms with E-state index in [4.69, 9.17) is 9.47 Å². The molecule has 2 rings (SSSR count). The molecule has 24 heavy (non-hydrogen) atoms. The van der Waals surface area contributed by atoms with Crippen molar-refractivity contribution in [2.75, 3.05) is 14.2 Å². The Morgan fingerprint density at radius 1 is 1.00 bits per heavy atom. The number of nitrogens with one attached hydrogen (secondary N) is 1. The summed E-state index contributed by atoms with van der Waals surface area (Å²) in [5, 5.41) is 3.07. The lowest BCUT2D eigenvalue weighted by Gasteiger charge is -2.19. The van der Waals surface area contributed by atoms with Crippen molar-refractivity contribution in [1.82, 2.24) is 5.32 Å². The highest BCUT2D eigenvalue weighted by molar-refractivity contribution is 5.79. The molecule has 0 radical (unpaired) electrons. The van der Waals surface area contributed by atoms with Crippen molar-refractivity contribution < 1.29 is 14.3 Å². The van der Waals surface area contributed by atoms with E-state index in [9.17, 15) is 4.79 Å². The summed E-state index contributed by atoms with van der Waals surface area (Å²) in [6, 6.07) is 15.6. The number of methoxy groups -OCH3 is 2. The van der Waals surface area contributed by atoms with Crippen LogP contribution in [0.3, 0.4) is 0 Å². The first-order valence-electron chi connectivity index (χ1n) is 8.11. The van der Waals surface area contributed by atoms with Crippen LogP contribution in [-0.4, -0.2) is 20.1 Å². The normalized spacial score (nSPS) is 13.0. The molecule has 0 heterocycles. The first-order chi connectivity index (χ1) is 11.5. The Hall–Kier alpha value is -2.49. The third kappa shape index (κ3) is 4.51. The molecule has 1 amide bonds. The summed E-state index contributed by atoms with van der Waals surface area (Å²) in [6.45, 7) is 3.91. The van der Waals surface area contributed by atoms with Crippen LogP contribution in [0.1, 0.15) is 31.0 Å². The van der Waals surface area contributed by atoms with Gasteiger partial charge in [0.2, 0.25) is 5.91 Å². The molecular formula is C20H25NO3. The third-order valence-corrected chi connectivity index (χ3v) is 4.10. The van der Waals surface area contributed by atoms with Crippen molar-refractivity contribution in [1.29, 1.82) is 0 Å². The SMILES string of the molecule is COc1ccc([C@H](C)NC(=O)[C@@H](C)Cc2ccccc2)cc1OC. The summed E-state index contributed by atoms with van der Waals surface area (Å²) in [7, 11) is 3.21. The second kappa shape index (κ2) is 8.39. The Labute approximate surface area is 143 Å². The molecule has 0 saturated carbocycles. The van der Waals surface area contributed by atoms with Gasteiger partial charge in [-0.15, -0.1) is 0 Å². The van der Waals surface area contributed by atoms with Gasteiger partial charge in [-0.2, -0.15) is 0 Å². The number of carbonyl (C=O) groups excluding carboxylic acids is 1. The van der Waals surface area contributed by atoms with Gasteiger partial charge in [-0.3, -0.25) is 4.79 Å². The topological polar surface area (TPSA) is 47.6 Å². The van der Waals surface area contributed by atoms with E-state index in [1.807, 2.05) is 62.4 Å². The van der Waals surface area contributed by atoms with Gasteiger partial charge in [-0.1, -0.05) is 43.3 Å². The van der Waals surface area contributed by atoms with Gasteiger partial charge in [0, 0.05) is 5.92 Å². The fourth-order valence-electron chi connectivity index (χ4n) is 2.62. The minimum Gasteiger partial charge on any atom is -0.493 e. The van der Waals surface area contributed by atoms with Crippen molar-refractivity contribution in [3.05, 3.63) is 59.7 Å². The van der Waals surface area contributed by atoms with Crippen LogP contribution in [0, 0.1) is 5.92 Å². The fraction of sp³-hybridized carbons (Fsp3) is 0.350. The smallest absolute Gasteiger partial charge is 0.223 e. The Balaban J connectivity index is 2.00. The Morgan fingerprint density at radius 3 is 2.29 bits per heavy atom. The monoisotopic (exact) mass is 327 g/mol. The lowest BCUT2D eigenvalue weighted by Crippen LogP contribution is -2.32. The van der Waals surface area contributed by atoms with Crippen molar-refractivity contribution in [3.63, 3.8) is 0 Å². The van der Waals surface area contributed by atoms with E-state index in [0.29, 0.717) is 11.5 Å². The first kappa shape index (κ1) is 17.9. The molecule has 2 aromatic rings. The fourth-order valence-corrected chi connectivity index (χ4v) is 2.62. The maximum absolute atomic E-state index is 12.4. The Bertz CT molecular complexity index is 670. The number of benzene rings is 2.